The zero-order valence-electron chi connectivity index (χ0n) is 10.3. The average Bonchev–Trinajstić information content (AvgIpc) is 2.69. The van der Waals surface area contributed by atoms with Crippen molar-refractivity contribution in [1.29, 1.82) is 0 Å². The van der Waals surface area contributed by atoms with Crippen LogP contribution in [0.25, 0.3) is 11.2 Å². The van der Waals surface area contributed by atoms with Crippen molar-refractivity contribution in [3.63, 3.8) is 0 Å². The molecule has 3 nitrogen and oxygen atoms in total. The largest absolute Gasteiger partial charge is 0.322 e. The van der Waals surface area contributed by atoms with Gasteiger partial charge in [0.2, 0.25) is 0 Å². The Bertz CT molecular complexity index is 752. The van der Waals surface area contributed by atoms with E-state index in [9.17, 15) is 0 Å². The van der Waals surface area contributed by atoms with Crippen LogP contribution in [0, 0.1) is 6.92 Å². The zero-order valence-corrected chi connectivity index (χ0v) is 12.6. The highest BCUT2D eigenvalue weighted by atomic mass is 79.9. The van der Waals surface area contributed by atoms with E-state index in [0.29, 0.717) is 6.54 Å². The molecular weight excluding hydrogens is 326 g/mol. The number of nitrogens with zero attached hydrogens (tertiary/aromatic N) is 3. The van der Waals surface area contributed by atoms with E-state index >= 15 is 0 Å². The average molecular weight is 337 g/mol. The molecule has 1 aromatic carbocycles. The van der Waals surface area contributed by atoms with Crippen molar-refractivity contribution in [1.82, 2.24) is 14.5 Å². The summed E-state index contributed by atoms with van der Waals surface area (Å²) in [6, 6.07) is 9.86. The van der Waals surface area contributed by atoms with Crippen molar-refractivity contribution in [2.24, 2.45) is 0 Å². The summed E-state index contributed by atoms with van der Waals surface area (Å²) < 4.78 is 3.10. The lowest BCUT2D eigenvalue weighted by molar-refractivity contribution is 0.786. The van der Waals surface area contributed by atoms with Crippen LogP contribution in [0.1, 0.15) is 11.4 Å². The van der Waals surface area contributed by atoms with Gasteiger partial charge in [-0.2, -0.15) is 0 Å². The van der Waals surface area contributed by atoms with Crippen LogP contribution in [0.15, 0.2) is 41.0 Å². The van der Waals surface area contributed by atoms with Gasteiger partial charge in [0.15, 0.2) is 5.65 Å². The Hall–Kier alpha value is -1.39. The number of imidazole rings is 1. The first-order valence-corrected chi connectivity index (χ1v) is 7.04. The molecule has 5 heteroatoms. The number of hydrogen-bond acceptors (Lipinski definition) is 2. The number of rotatable bonds is 2. The van der Waals surface area contributed by atoms with E-state index in [1.165, 1.54) is 0 Å². The molecule has 0 bridgehead atoms. The lowest BCUT2D eigenvalue weighted by Crippen LogP contribution is -2.02. The van der Waals surface area contributed by atoms with Gasteiger partial charge in [0, 0.05) is 15.7 Å². The van der Waals surface area contributed by atoms with Crippen molar-refractivity contribution in [3.8, 4) is 0 Å². The van der Waals surface area contributed by atoms with E-state index in [4.69, 9.17) is 11.6 Å². The number of hydrogen-bond donors (Lipinski definition) is 0. The first-order chi connectivity index (χ1) is 9.15. The second-order valence-corrected chi connectivity index (χ2v) is 5.65. The van der Waals surface area contributed by atoms with Gasteiger partial charge in [-0.05, 0) is 36.8 Å². The van der Waals surface area contributed by atoms with Gasteiger partial charge in [-0.3, -0.25) is 0 Å². The summed E-state index contributed by atoms with van der Waals surface area (Å²) in [7, 11) is 0. The van der Waals surface area contributed by atoms with E-state index < -0.39 is 0 Å². The maximum absolute atomic E-state index is 6.27. The predicted octanol–water partition coefficient (Wildman–Crippen LogP) is 4.20. The Morgan fingerprint density at radius 2 is 2.16 bits per heavy atom. The zero-order chi connectivity index (χ0) is 13.4. The topological polar surface area (TPSA) is 30.7 Å². The minimum absolute atomic E-state index is 0.695. The fourth-order valence-electron chi connectivity index (χ4n) is 2.09. The summed E-state index contributed by atoms with van der Waals surface area (Å²) >= 11 is 9.69. The van der Waals surface area contributed by atoms with E-state index in [1.807, 2.05) is 37.3 Å². The molecule has 19 heavy (non-hydrogen) atoms. The fourth-order valence-corrected chi connectivity index (χ4v) is 2.83. The van der Waals surface area contributed by atoms with E-state index in [1.54, 1.807) is 6.20 Å². The molecule has 0 saturated carbocycles. The summed E-state index contributed by atoms with van der Waals surface area (Å²) in [5.74, 6) is 0.938. The molecule has 0 amide bonds. The third-order valence-electron chi connectivity index (χ3n) is 3.06. The first-order valence-electron chi connectivity index (χ1n) is 5.87. The van der Waals surface area contributed by atoms with Gasteiger partial charge in [0.1, 0.15) is 5.82 Å². The lowest BCUT2D eigenvalue weighted by atomic mass is 10.2. The lowest BCUT2D eigenvalue weighted by Gasteiger charge is -2.09. The molecule has 3 aromatic rings. The summed E-state index contributed by atoms with van der Waals surface area (Å²) in [6.45, 7) is 2.68. The van der Waals surface area contributed by atoms with Crippen molar-refractivity contribution in [3.05, 3.63) is 57.4 Å². The number of pyridine rings is 1. The minimum atomic E-state index is 0.695. The predicted molar refractivity (Wildman–Crippen MR) is 80.5 cm³/mol. The summed E-state index contributed by atoms with van der Waals surface area (Å²) in [6.07, 6.45) is 1.76. The molecule has 96 valence electrons. The van der Waals surface area contributed by atoms with Crippen LogP contribution in [-0.2, 0) is 6.54 Å². The summed E-state index contributed by atoms with van der Waals surface area (Å²) in [5.41, 5.74) is 2.86. The molecule has 0 spiro atoms. The Labute approximate surface area is 124 Å². The van der Waals surface area contributed by atoms with Crippen molar-refractivity contribution < 1.29 is 0 Å². The fraction of sp³-hybridized carbons (Fsp3) is 0.143. The molecule has 0 atom stereocenters. The normalized spacial score (nSPS) is 11.1. The second-order valence-electron chi connectivity index (χ2n) is 4.33. The van der Waals surface area contributed by atoms with Gasteiger partial charge in [0.25, 0.3) is 0 Å². The number of fused-ring (bicyclic) bond motifs is 1. The first kappa shape index (κ1) is 12.6. The molecule has 0 aliphatic rings. The van der Waals surface area contributed by atoms with E-state index in [0.717, 1.165) is 32.0 Å². The quantitative estimate of drug-likeness (QED) is 0.702. The monoisotopic (exact) mass is 335 g/mol. The highest BCUT2D eigenvalue weighted by Crippen LogP contribution is 2.24. The molecule has 0 N–H and O–H groups in total. The van der Waals surface area contributed by atoms with Crippen LogP contribution >= 0.6 is 27.5 Å². The van der Waals surface area contributed by atoms with Crippen LogP contribution in [0.5, 0.6) is 0 Å². The van der Waals surface area contributed by atoms with Gasteiger partial charge in [-0.25, -0.2) is 9.97 Å². The van der Waals surface area contributed by atoms with E-state index in [-0.39, 0.29) is 0 Å². The van der Waals surface area contributed by atoms with Gasteiger partial charge < -0.3 is 4.57 Å². The highest BCUT2D eigenvalue weighted by Gasteiger charge is 2.10. The molecule has 0 aliphatic heterocycles. The van der Waals surface area contributed by atoms with Gasteiger partial charge in [-0.1, -0.05) is 33.6 Å². The second kappa shape index (κ2) is 4.94. The molecule has 0 radical (unpaired) electrons. The summed E-state index contributed by atoms with van der Waals surface area (Å²) in [4.78, 5) is 8.72. The van der Waals surface area contributed by atoms with Gasteiger partial charge in [0.05, 0.1) is 12.1 Å². The molecule has 3 rings (SSSR count). The Morgan fingerprint density at radius 3 is 2.95 bits per heavy atom. The molecule has 2 aromatic heterocycles. The van der Waals surface area contributed by atoms with Gasteiger partial charge >= 0.3 is 0 Å². The molecule has 0 unspecified atom stereocenters. The van der Waals surface area contributed by atoms with Gasteiger partial charge in [-0.15, -0.1) is 0 Å². The number of benzene rings is 1. The van der Waals surface area contributed by atoms with Crippen molar-refractivity contribution in [2.45, 2.75) is 13.5 Å². The Balaban J connectivity index is 2.08. The molecular formula is C14H11BrClN3. The number of halogens is 2. The maximum Gasteiger partial charge on any atom is 0.177 e. The third kappa shape index (κ3) is 2.38. The molecule has 0 fully saturated rings. The Morgan fingerprint density at radius 1 is 1.32 bits per heavy atom. The maximum atomic E-state index is 6.27. The van der Waals surface area contributed by atoms with Crippen LogP contribution < -0.4 is 0 Å². The van der Waals surface area contributed by atoms with Crippen LogP contribution in [0.2, 0.25) is 5.02 Å². The van der Waals surface area contributed by atoms with Crippen LogP contribution in [0.4, 0.5) is 0 Å². The standard InChI is InChI=1S/C14H11BrClN3/c1-9-18-14-13(3-2-6-17-14)19(9)8-10-4-5-11(15)7-12(10)16/h2-7H,8H2,1H3. The highest BCUT2D eigenvalue weighted by molar-refractivity contribution is 9.10. The van der Waals surface area contributed by atoms with Crippen molar-refractivity contribution >= 4 is 38.7 Å². The molecule has 2 heterocycles. The molecule has 0 aliphatic carbocycles. The third-order valence-corrected chi connectivity index (χ3v) is 3.90. The number of aryl methyl sites for hydroxylation is 1. The van der Waals surface area contributed by atoms with Crippen LogP contribution in [-0.4, -0.2) is 14.5 Å². The molecule has 0 saturated heterocycles. The smallest absolute Gasteiger partial charge is 0.177 e. The number of aromatic nitrogens is 3. The van der Waals surface area contributed by atoms with Crippen molar-refractivity contribution in [2.75, 3.05) is 0 Å². The summed E-state index contributed by atoms with van der Waals surface area (Å²) in [5, 5.41) is 0.750. The minimum Gasteiger partial charge on any atom is -0.322 e. The Kier molecular flexibility index (Phi) is 3.29. The van der Waals surface area contributed by atoms with E-state index in [2.05, 4.69) is 30.5 Å². The van der Waals surface area contributed by atoms with Crippen LogP contribution in [0.3, 0.4) is 0 Å². The SMILES string of the molecule is Cc1nc2ncccc2n1Cc1ccc(Br)cc1Cl.